The van der Waals surface area contributed by atoms with E-state index in [-0.39, 0.29) is 29.7 Å². The molecule has 4 atom stereocenters. The number of nitrogens with one attached hydrogen (secondary N) is 3. The van der Waals surface area contributed by atoms with Gasteiger partial charge in [-0.3, -0.25) is 19.4 Å². The van der Waals surface area contributed by atoms with Crippen molar-refractivity contribution in [1.82, 2.24) is 21.1 Å². The number of allylic oxidation sites excluding steroid dienone is 1. The number of hydrazine groups is 1. The molecule has 3 N–H and O–H groups in total. The summed E-state index contributed by atoms with van der Waals surface area (Å²) in [6.45, 7) is 11.9. The number of fused-ring (bicyclic) bond motifs is 12. The molecule has 2 aromatic rings. The van der Waals surface area contributed by atoms with Gasteiger partial charge in [0.15, 0.2) is 6.10 Å². The average Bonchev–Trinajstić information content (AvgIpc) is 2.94. The van der Waals surface area contributed by atoms with Crippen LogP contribution in [0.4, 0.5) is 0 Å². The minimum absolute atomic E-state index is 0.118. The number of amides is 3. The van der Waals surface area contributed by atoms with Crippen molar-refractivity contribution >= 4 is 17.7 Å². The Morgan fingerprint density at radius 2 is 1.64 bits per heavy atom. The largest absolute Gasteiger partial charge is 0.485 e. The van der Waals surface area contributed by atoms with Crippen LogP contribution in [0.3, 0.4) is 0 Å². The van der Waals surface area contributed by atoms with Crippen LogP contribution in [0, 0.1) is 5.92 Å². The summed E-state index contributed by atoms with van der Waals surface area (Å²) >= 11 is 0. The quantitative estimate of drug-likeness (QED) is 0.515. The summed E-state index contributed by atoms with van der Waals surface area (Å²) in [6.07, 6.45) is 1.83. The van der Waals surface area contributed by atoms with Gasteiger partial charge in [0.1, 0.15) is 12.1 Å². The predicted octanol–water partition coefficient (Wildman–Crippen LogP) is 4.03. The first-order chi connectivity index (χ1) is 18.6. The number of carbonyl (C=O) groups excluding carboxylic acids is 3. The van der Waals surface area contributed by atoms with E-state index in [4.69, 9.17) is 4.74 Å². The Labute approximate surface area is 231 Å². The lowest BCUT2D eigenvalue weighted by molar-refractivity contribution is -0.145. The van der Waals surface area contributed by atoms with Gasteiger partial charge in [-0.1, -0.05) is 62.9 Å². The van der Waals surface area contributed by atoms with Crippen LogP contribution < -0.4 is 16.1 Å². The number of carbonyl (C=O) groups is 3. The summed E-state index contributed by atoms with van der Waals surface area (Å²) in [4.78, 5) is 39.5. The van der Waals surface area contributed by atoms with E-state index in [1.54, 1.807) is 6.92 Å². The normalized spacial score (nSPS) is 25.3. The second-order valence-corrected chi connectivity index (χ2v) is 10.9. The number of rotatable bonds is 1. The summed E-state index contributed by atoms with van der Waals surface area (Å²) in [5, 5.41) is 7.35. The lowest BCUT2D eigenvalue weighted by Gasteiger charge is -2.35. The van der Waals surface area contributed by atoms with Crippen LogP contribution in [-0.4, -0.2) is 47.5 Å². The Balaban J connectivity index is 1.61. The fourth-order valence-corrected chi connectivity index (χ4v) is 4.99. The zero-order chi connectivity index (χ0) is 28.1. The Bertz CT molecular complexity index is 1210. The number of hydrogen-bond acceptors (Lipinski definition) is 5. The molecular weight excluding hydrogens is 492 g/mol. The van der Waals surface area contributed by atoms with Gasteiger partial charge in [0.25, 0.3) is 11.8 Å². The molecule has 3 aliphatic heterocycles. The lowest BCUT2D eigenvalue weighted by atomic mass is 9.98. The average molecular weight is 533 g/mol. The van der Waals surface area contributed by atoms with Gasteiger partial charge in [-0.2, -0.15) is 0 Å². The van der Waals surface area contributed by atoms with Crippen LogP contribution in [0.25, 0.3) is 11.1 Å². The maximum absolute atomic E-state index is 13.2. The second kappa shape index (κ2) is 12.5. The monoisotopic (exact) mass is 532 g/mol. The van der Waals surface area contributed by atoms with Gasteiger partial charge in [-0.05, 0) is 67.3 Å². The van der Waals surface area contributed by atoms with Gasteiger partial charge in [-0.25, -0.2) is 5.43 Å². The SMILES string of the molecule is C=C1CCc2ccc(cc2)-c2cccc(c2)[C@@H](C)NC(=O)[C@@H]2CCCN(N2)C(=O)[C@H](C)NC(=O)[C@H](C(C)C)O1. The van der Waals surface area contributed by atoms with Gasteiger partial charge in [-0.15, -0.1) is 0 Å². The van der Waals surface area contributed by atoms with Crippen molar-refractivity contribution in [3.63, 3.8) is 0 Å². The van der Waals surface area contributed by atoms with Crippen LogP contribution in [0.15, 0.2) is 60.9 Å². The number of aryl methyl sites for hydroxylation is 1. The Hall–Kier alpha value is -3.65. The first kappa shape index (κ1) is 28.4. The van der Waals surface area contributed by atoms with E-state index < -0.39 is 18.2 Å². The molecule has 8 heteroatoms. The molecule has 0 spiro atoms. The molecule has 208 valence electrons. The van der Waals surface area contributed by atoms with E-state index >= 15 is 0 Å². The third-order valence-corrected chi connectivity index (χ3v) is 7.38. The molecule has 0 aromatic heterocycles. The zero-order valence-electron chi connectivity index (χ0n) is 23.3. The molecule has 3 heterocycles. The molecule has 0 saturated carbocycles. The predicted molar refractivity (Wildman–Crippen MR) is 151 cm³/mol. The fourth-order valence-electron chi connectivity index (χ4n) is 4.99. The van der Waals surface area contributed by atoms with E-state index in [1.807, 2.05) is 32.9 Å². The van der Waals surface area contributed by atoms with Crippen molar-refractivity contribution in [3.8, 4) is 11.1 Å². The minimum atomic E-state index is -0.789. The molecule has 1 saturated heterocycles. The van der Waals surface area contributed by atoms with Crippen molar-refractivity contribution in [2.75, 3.05) is 6.54 Å². The van der Waals surface area contributed by atoms with Crippen molar-refractivity contribution in [2.45, 2.75) is 77.6 Å². The highest BCUT2D eigenvalue weighted by atomic mass is 16.5. The molecule has 3 aliphatic rings. The van der Waals surface area contributed by atoms with Crippen LogP contribution in [-0.2, 0) is 25.5 Å². The number of hydrogen-bond donors (Lipinski definition) is 3. The van der Waals surface area contributed by atoms with E-state index in [1.165, 1.54) is 5.01 Å². The smallest absolute Gasteiger partial charge is 0.261 e. The topological polar surface area (TPSA) is 99.8 Å². The molecule has 1 fully saturated rings. The highest BCUT2D eigenvalue weighted by Gasteiger charge is 2.33. The van der Waals surface area contributed by atoms with Crippen molar-refractivity contribution in [1.29, 1.82) is 0 Å². The summed E-state index contributed by atoms with van der Waals surface area (Å²) in [5.41, 5.74) is 7.38. The molecule has 6 bridgehead atoms. The first-order valence-electron chi connectivity index (χ1n) is 13.8. The van der Waals surface area contributed by atoms with E-state index in [0.717, 1.165) is 28.7 Å². The third kappa shape index (κ3) is 7.06. The fraction of sp³-hybridized carbons (Fsp3) is 0.452. The van der Waals surface area contributed by atoms with Gasteiger partial charge < -0.3 is 15.4 Å². The minimum Gasteiger partial charge on any atom is -0.485 e. The highest BCUT2D eigenvalue weighted by Crippen LogP contribution is 2.25. The Morgan fingerprint density at radius 3 is 2.36 bits per heavy atom. The second-order valence-electron chi connectivity index (χ2n) is 10.9. The van der Waals surface area contributed by atoms with Crippen LogP contribution >= 0.6 is 0 Å². The number of ether oxygens (including phenoxy) is 1. The Kier molecular flexibility index (Phi) is 9.07. The molecule has 39 heavy (non-hydrogen) atoms. The highest BCUT2D eigenvalue weighted by molar-refractivity contribution is 5.89. The van der Waals surface area contributed by atoms with Crippen LogP contribution in [0.5, 0.6) is 0 Å². The molecule has 5 rings (SSSR count). The summed E-state index contributed by atoms with van der Waals surface area (Å²) in [5.74, 6) is -0.414. The van der Waals surface area contributed by atoms with Crippen molar-refractivity contribution in [2.24, 2.45) is 5.92 Å². The summed E-state index contributed by atoms with van der Waals surface area (Å²) in [7, 11) is 0. The molecule has 2 aromatic carbocycles. The number of benzene rings is 2. The zero-order valence-corrected chi connectivity index (χ0v) is 23.3. The summed E-state index contributed by atoms with van der Waals surface area (Å²) < 4.78 is 5.99. The van der Waals surface area contributed by atoms with Crippen LogP contribution in [0.2, 0.25) is 0 Å². The Morgan fingerprint density at radius 1 is 0.923 bits per heavy atom. The maximum Gasteiger partial charge on any atom is 0.261 e. The van der Waals surface area contributed by atoms with E-state index in [2.05, 4.69) is 59.0 Å². The first-order valence-corrected chi connectivity index (χ1v) is 13.8. The molecule has 0 aliphatic carbocycles. The maximum atomic E-state index is 13.2. The molecule has 3 amide bonds. The molecular formula is C31H40N4O4. The third-order valence-electron chi connectivity index (χ3n) is 7.38. The summed E-state index contributed by atoms with van der Waals surface area (Å²) in [6, 6.07) is 15.0. The van der Waals surface area contributed by atoms with Gasteiger partial charge in [0.05, 0.1) is 11.8 Å². The number of nitrogens with zero attached hydrogens (tertiary/aromatic N) is 1. The molecule has 0 unspecified atom stereocenters. The molecule has 0 radical (unpaired) electrons. The van der Waals surface area contributed by atoms with Crippen molar-refractivity contribution in [3.05, 3.63) is 72.0 Å². The van der Waals surface area contributed by atoms with E-state index in [0.29, 0.717) is 31.6 Å². The van der Waals surface area contributed by atoms with Crippen LogP contribution in [0.1, 0.15) is 64.1 Å². The van der Waals surface area contributed by atoms with Gasteiger partial charge in [0.2, 0.25) is 5.91 Å². The molecule has 8 nitrogen and oxygen atoms in total. The van der Waals surface area contributed by atoms with E-state index in [9.17, 15) is 14.4 Å². The van der Waals surface area contributed by atoms with Crippen molar-refractivity contribution < 1.29 is 19.1 Å². The van der Waals surface area contributed by atoms with Gasteiger partial charge in [0, 0.05) is 13.0 Å². The standard InChI is InChI=1S/C31H40N4O4/c1-19(2)28-30(37)33-22(5)31(38)35-17-7-10-27(34-35)29(36)32-21(4)25-8-6-9-26(18-25)24-15-13-23(14-16-24)12-11-20(3)39-28/h6,8-9,13-16,18-19,21-22,27-28,34H,3,7,10-12,17H2,1-2,4-5H3,(H,32,36)(H,33,37)/t21-,22+,27+,28+/m1/s1. The van der Waals surface area contributed by atoms with Gasteiger partial charge >= 0.3 is 0 Å². The lowest BCUT2D eigenvalue weighted by Crippen LogP contribution is -2.61.